The van der Waals surface area contributed by atoms with Gasteiger partial charge in [0.25, 0.3) is 0 Å². The topological polar surface area (TPSA) is 137 Å². The van der Waals surface area contributed by atoms with Gasteiger partial charge < -0.3 is 25.6 Å². The molecule has 4 amide bonds. The zero-order valence-electron chi connectivity index (χ0n) is 17.3. The molecule has 0 aromatic heterocycles. The maximum atomic E-state index is 13.1. The summed E-state index contributed by atoms with van der Waals surface area (Å²) in [6, 6.07) is -2.19. The summed E-state index contributed by atoms with van der Waals surface area (Å²) in [4.78, 5) is 63.3. The minimum atomic E-state index is -0.790. The van der Waals surface area contributed by atoms with Crippen LogP contribution in [0, 0.1) is 0 Å². The molecule has 3 heterocycles. The van der Waals surface area contributed by atoms with Gasteiger partial charge >= 0.3 is 0 Å². The second-order valence-electron chi connectivity index (χ2n) is 8.15. The zero-order chi connectivity index (χ0) is 21.7. The molecule has 0 aromatic rings. The predicted molar refractivity (Wildman–Crippen MR) is 105 cm³/mol. The maximum Gasteiger partial charge on any atom is 0.245 e. The van der Waals surface area contributed by atoms with Gasteiger partial charge in [0.2, 0.25) is 23.6 Å². The minimum Gasteiger partial charge on any atom is -0.365 e. The highest BCUT2D eigenvalue weighted by Gasteiger charge is 2.38. The Hall–Kier alpha value is -2.49. The molecule has 3 fully saturated rings. The summed E-state index contributed by atoms with van der Waals surface area (Å²) in [7, 11) is 0. The smallest absolute Gasteiger partial charge is 0.245 e. The molecule has 3 aliphatic heterocycles. The number of rotatable bonds is 7. The third kappa shape index (κ3) is 5.78. The van der Waals surface area contributed by atoms with Crippen molar-refractivity contribution in [1.82, 2.24) is 20.9 Å². The summed E-state index contributed by atoms with van der Waals surface area (Å²) in [5.74, 6) is -1.41. The summed E-state index contributed by atoms with van der Waals surface area (Å²) in [6.45, 7) is 2.24. The lowest BCUT2D eigenvalue weighted by Crippen LogP contribution is -2.58. The lowest BCUT2D eigenvalue weighted by molar-refractivity contribution is -0.142. The minimum absolute atomic E-state index is 0.112. The Labute approximate surface area is 175 Å². The van der Waals surface area contributed by atoms with Crippen LogP contribution in [0.1, 0.15) is 51.9 Å². The van der Waals surface area contributed by atoms with Crippen LogP contribution in [0.3, 0.4) is 0 Å². The van der Waals surface area contributed by atoms with E-state index in [-0.39, 0.29) is 30.2 Å². The Kier molecular flexibility index (Phi) is 7.41. The Balaban J connectivity index is 1.60. The van der Waals surface area contributed by atoms with E-state index in [0.29, 0.717) is 51.7 Å². The summed E-state index contributed by atoms with van der Waals surface area (Å²) >= 11 is 0. The van der Waals surface area contributed by atoms with Crippen molar-refractivity contribution in [2.45, 2.75) is 76.1 Å². The highest BCUT2D eigenvalue weighted by Crippen LogP contribution is 2.21. The molecule has 10 nitrogen and oxygen atoms in total. The number of hydrogen-bond acceptors (Lipinski definition) is 6. The SMILES string of the molecule is C[C@@H]1NC(=O)[C@H]2CCCN2C(=O)[C@H](CCCCCC(=O)[C@@H]2CO2)NC(=O)CNC1=O. The average Bonchev–Trinajstić information content (AvgIpc) is 3.45. The molecule has 0 unspecified atom stereocenters. The molecule has 3 rings (SSSR count). The zero-order valence-corrected chi connectivity index (χ0v) is 17.3. The monoisotopic (exact) mass is 422 g/mol. The van der Waals surface area contributed by atoms with Crippen LogP contribution >= 0.6 is 0 Å². The molecule has 3 aliphatic rings. The Morgan fingerprint density at radius 3 is 2.60 bits per heavy atom. The van der Waals surface area contributed by atoms with E-state index in [1.165, 1.54) is 4.90 Å². The Morgan fingerprint density at radius 2 is 1.87 bits per heavy atom. The maximum absolute atomic E-state index is 13.1. The van der Waals surface area contributed by atoms with Gasteiger partial charge in [-0.3, -0.25) is 24.0 Å². The van der Waals surface area contributed by atoms with Crippen molar-refractivity contribution < 1.29 is 28.7 Å². The fraction of sp³-hybridized carbons (Fsp3) is 0.750. The van der Waals surface area contributed by atoms with Gasteiger partial charge in [-0.15, -0.1) is 0 Å². The molecular weight excluding hydrogens is 392 g/mol. The Morgan fingerprint density at radius 1 is 1.10 bits per heavy atom. The van der Waals surface area contributed by atoms with Crippen molar-refractivity contribution in [2.24, 2.45) is 0 Å². The van der Waals surface area contributed by atoms with Crippen LogP contribution in [0.25, 0.3) is 0 Å². The van der Waals surface area contributed by atoms with E-state index >= 15 is 0 Å². The van der Waals surface area contributed by atoms with E-state index in [0.717, 1.165) is 6.42 Å². The number of ketones is 1. The van der Waals surface area contributed by atoms with Crippen LogP contribution < -0.4 is 16.0 Å². The quantitative estimate of drug-likeness (QED) is 0.356. The second kappa shape index (κ2) is 10.0. The first-order chi connectivity index (χ1) is 14.4. The summed E-state index contributed by atoms with van der Waals surface area (Å²) < 4.78 is 4.97. The molecular formula is C20H30N4O6. The van der Waals surface area contributed by atoms with Crippen molar-refractivity contribution in [3.05, 3.63) is 0 Å². The van der Waals surface area contributed by atoms with Crippen LogP contribution in [0.5, 0.6) is 0 Å². The molecule has 0 saturated carbocycles. The normalized spacial score (nSPS) is 29.8. The number of amides is 4. The molecule has 0 bridgehead atoms. The average molecular weight is 422 g/mol. The molecule has 30 heavy (non-hydrogen) atoms. The second-order valence-corrected chi connectivity index (χ2v) is 8.15. The fourth-order valence-electron chi connectivity index (χ4n) is 3.92. The molecule has 3 N–H and O–H groups in total. The van der Waals surface area contributed by atoms with E-state index < -0.39 is 29.9 Å². The highest BCUT2D eigenvalue weighted by atomic mass is 16.6. The lowest BCUT2D eigenvalue weighted by Gasteiger charge is -2.30. The molecule has 3 saturated heterocycles. The van der Waals surface area contributed by atoms with Crippen LogP contribution in [-0.2, 0) is 28.7 Å². The number of Topliss-reactive ketones (excluding diaryl/α,β-unsaturated/α-hetero) is 1. The van der Waals surface area contributed by atoms with Crippen molar-refractivity contribution in [3.63, 3.8) is 0 Å². The number of carbonyl (C=O) groups excluding carboxylic acids is 5. The van der Waals surface area contributed by atoms with E-state index in [1.807, 2.05) is 0 Å². The van der Waals surface area contributed by atoms with Crippen LogP contribution in [0.2, 0.25) is 0 Å². The predicted octanol–water partition coefficient (Wildman–Crippen LogP) is -0.985. The van der Waals surface area contributed by atoms with E-state index in [9.17, 15) is 24.0 Å². The van der Waals surface area contributed by atoms with Gasteiger partial charge in [-0.05, 0) is 32.6 Å². The number of nitrogens with one attached hydrogen (secondary N) is 3. The van der Waals surface area contributed by atoms with Gasteiger partial charge in [0.1, 0.15) is 24.2 Å². The van der Waals surface area contributed by atoms with Crippen LogP contribution in [-0.4, -0.2) is 78.2 Å². The third-order valence-electron chi connectivity index (χ3n) is 5.76. The van der Waals surface area contributed by atoms with Crippen molar-refractivity contribution >= 4 is 29.4 Å². The summed E-state index contributed by atoms with van der Waals surface area (Å²) in [5.41, 5.74) is 0. The van der Waals surface area contributed by atoms with Crippen molar-refractivity contribution in [3.8, 4) is 0 Å². The molecule has 4 atom stereocenters. The molecule has 0 spiro atoms. The largest absolute Gasteiger partial charge is 0.365 e. The van der Waals surface area contributed by atoms with E-state index in [1.54, 1.807) is 6.92 Å². The number of unbranched alkanes of at least 4 members (excludes halogenated alkanes) is 2. The fourth-order valence-corrected chi connectivity index (χ4v) is 3.92. The van der Waals surface area contributed by atoms with Gasteiger partial charge in [0, 0.05) is 13.0 Å². The number of epoxide rings is 1. The number of ether oxygens (including phenoxy) is 1. The first-order valence-electron chi connectivity index (χ1n) is 10.7. The first-order valence-corrected chi connectivity index (χ1v) is 10.7. The van der Waals surface area contributed by atoms with Gasteiger partial charge in [-0.2, -0.15) is 0 Å². The number of nitrogens with zero attached hydrogens (tertiary/aromatic N) is 1. The van der Waals surface area contributed by atoms with E-state index in [2.05, 4.69) is 16.0 Å². The highest BCUT2D eigenvalue weighted by molar-refractivity contribution is 5.96. The van der Waals surface area contributed by atoms with Gasteiger partial charge in [-0.25, -0.2) is 0 Å². The number of carbonyl (C=O) groups is 5. The summed E-state index contributed by atoms with van der Waals surface area (Å²) in [6.07, 6.45) is 3.96. The number of fused-ring (bicyclic) bond motifs is 1. The van der Waals surface area contributed by atoms with Gasteiger partial charge in [0.05, 0.1) is 13.2 Å². The standard InChI is InChI=1S/C20H30N4O6/c1-12-18(27)21-10-17(26)23-13(6-3-2-4-8-15(25)16-11-30-16)20(29)24-9-5-7-14(24)19(28)22-12/h12-14,16H,2-11H2,1H3,(H,21,27)(H,22,28)(H,23,26)/t12-,13-,14+,16-/m0/s1. The Bertz CT molecular complexity index is 707. The number of hydrogen-bond donors (Lipinski definition) is 3. The lowest BCUT2D eigenvalue weighted by atomic mass is 10.0. The molecule has 166 valence electrons. The van der Waals surface area contributed by atoms with Crippen molar-refractivity contribution in [1.29, 1.82) is 0 Å². The van der Waals surface area contributed by atoms with Gasteiger partial charge in [0.15, 0.2) is 5.78 Å². The van der Waals surface area contributed by atoms with Crippen LogP contribution in [0.15, 0.2) is 0 Å². The first kappa shape index (κ1) is 22.2. The summed E-state index contributed by atoms with van der Waals surface area (Å²) in [5, 5.41) is 7.83. The molecule has 10 heteroatoms. The third-order valence-corrected chi connectivity index (χ3v) is 5.76. The van der Waals surface area contributed by atoms with Crippen LogP contribution in [0.4, 0.5) is 0 Å². The molecule has 0 radical (unpaired) electrons. The molecule has 0 aromatic carbocycles. The van der Waals surface area contributed by atoms with Gasteiger partial charge in [-0.1, -0.05) is 12.8 Å². The van der Waals surface area contributed by atoms with Crippen molar-refractivity contribution in [2.75, 3.05) is 19.7 Å². The van der Waals surface area contributed by atoms with E-state index in [4.69, 9.17) is 4.74 Å². The molecule has 0 aliphatic carbocycles.